The number of carbonyl (C=O) groups is 3. The van der Waals surface area contributed by atoms with E-state index in [1.54, 1.807) is 18.2 Å². The Morgan fingerprint density at radius 3 is 2.47 bits per heavy atom. The van der Waals surface area contributed by atoms with Gasteiger partial charge in [-0.25, -0.2) is 4.98 Å². The van der Waals surface area contributed by atoms with Crippen LogP contribution in [0.15, 0.2) is 66.7 Å². The van der Waals surface area contributed by atoms with Crippen LogP contribution < -0.4 is 16.4 Å². The van der Waals surface area contributed by atoms with Gasteiger partial charge < -0.3 is 21.5 Å². The summed E-state index contributed by atoms with van der Waals surface area (Å²) in [6, 6.07) is 18.9. The lowest BCUT2D eigenvalue weighted by molar-refractivity contribution is -0.128. The highest BCUT2D eigenvalue weighted by Crippen LogP contribution is 2.38. The molecule has 2 aliphatic rings. The van der Waals surface area contributed by atoms with Crippen LogP contribution in [-0.4, -0.2) is 70.0 Å². The topological polar surface area (TPSA) is 138 Å². The van der Waals surface area contributed by atoms with E-state index in [4.69, 9.17) is 5.73 Å². The molecule has 9 heteroatoms. The number of amides is 3. The summed E-state index contributed by atoms with van der Waals surface area (Å²) < 4.78 is 0. The van der Waals surface area contributed by atoms with Gasteiger partial charge in [-0.15, -0.1) is 0 Å². The van der Waals surface area contributed by atoms with E-state index in [1.807, 2.05) is 48.5 Å². The minimum absolute atomic E-state index is 0.127. The lowest BCUT2D eigenvalue weighted by Crippen LogP contribution is -2.57. The zero-order chi connectivity index (χ0) is 30.3. The van der Waals surface area contributed by atoms with Crippen LogP contribution in [0.1, 0.15) is 61.5 Å². The minimum Gasteiger partial charge on any atom is -0.390 e. The maximum atomic E-state index is 13.6. The van der Waals surface area contributed by atoms with Gasteiger partial charge in [0.1, 0.15) is 11.7 Å². The molecule has 1 saturated heterocycles. The summed E-state index contributed by atoms with van der Waals surface area (Å²) in [5.41, 5.74) is 7.21. The van der Waals surface area contributed by atoms with Gasteiger partial charge in [0.25, 0.3) is 5.91 Å². The van der Waals surface area contributed by atoms with E-state index < -0.39 is 35.9 Å². The molecule has 1 aliphatic heterocycles. The smallest absolute Gasteiger partial charge is 0.270 e. The fourth-order valence-electron chi connectivity index (χ4n) is 6.80. The van der Waals surface area contributed by atoms with Gasteiger partial charge in [-0.1, -0.05) is 73.9 Å². The van der Waals surface area contributed by atoms with Gasteiger partial charge in [-0.3, -0.25) is 19.3 Å². The quantitative estimate of drug-likeness (QED) is 0.273. The first-order valence-corrected chi connectivity index (χ1v) is 15.5. The first kappa shape index (κ1) is 30.6. The third kappa shape index (κ3) is 7.97. The van der Waals surface area contributed by atoms with Crippen molar-refractivity contribution in [1.29, 1.82) is 0 Å². The Balaban J connectivity index is 1.30. The summed E-state index contributed by atoms with van der Waals surface area (Å²) in [6.45, 7) is 3.60. The number of aromatic nitrogens is 1. The van der Waals surface area contributed by atoms with Gasteiger partial charge in [-0.05, 0) is 55.7 Å². The molecule has 1 aliphatic carbocycles. The standard InChI is InChI=1S/C34H43N5O4/c1-22-17-25-12-5-6-13-26(25)20-39(22)21-31(40)29(18-23-9-3-2-4-10-23)37-34(43)30(19-32(35)41)38-33(42)28-16-15-24-11-7-8-14-27(24)36-28/h2-4,7-11,14-16,22,25-26,29-31,40H,5-6,12-13,17-21H2,1H3,(H2,35,41)(H,37,43)(H,38,42)/t22?,25-,26+,29-,30-,31+/m0/s1. The number of pyridine rings is 1. The van der Waals surface area contributed by atoms with Gasteiger partial charge in [0.15, 0.2) is 0 Å². The molecule has 43 heavy (non-hydrogen) atoms. The maximum absolute atomic E-state index is 13.6. The van der Waals surface area contributed by atoms with Crippen LogP contribution in [0.5, 0.6) is 0 Å². The number of hydrogen-bond donors (Lipinski definition) is 4. The Kier molecular flexibility index (Phi) is 10.0. The number of nitrogens with one attached hydrogen (secondary N) is 2. The molecule has 9 nitrogen and oxygen atoms in total. The SMILES string of the molecule is CC1C[C@@H]2CCCC[C@@H]2CN1C[C@@H](O)[C@H](Cc1ccccc1)NC(=O)[C@H](CC(N)=O)NC(=O)c1ccc2ccccc2n1. The first-order valence-electron chi connectivity index (χ1n) is 15.5. The van der Waals surface area contributed by atoms with E-state index in [0.717, 1.165) is 29.8 Å². The summed E-state index contributed by atoms with van der Waals surface area (Å²) in [5.74, 6) is -0.481. The molecule has 0 radical (unpaired) electrons. The molecule has 1 aromatic heterocycles. The molecule has 2 fully saturated rings. The highest BCUT2D eigenvalue weighted by Gasteiger charge is 2.37. The first-order chi connectivity index (χ1) is 20.8. The van der Waals surface area contributed by atoms with Crippen molar-refractivity contribution in [3.8, 4) is 0 Å². The molecule has 0 spiro atoms. The number of benzene rings is 2. The lowest BCUT2D eigenvalue weighted by Gasteiger charge is -2.46. The van der Waals surface area contributed by atoms with E-state index in [9.17, 15) is 19.5 Å². The molecular formula is C34H43N5O4. The molecule has 5 N–H and O–H groups in total. The van der Waals surface area contributed by atoms with Crippen molar-refractivity contribution in [2.45, 2.75) is 76.1 Å². The predicted molar refractivity (Wildman–Crippen MR) is 166 cm³/mol. The number of carbonyl (C=O) groups excluding carboxylic acids is 3. The van der Waals surface area contributed by atoms with E-state index in [2.05, 4.69) is 27.4 Å². The van der Waals surface area contributed by atoms with Crippen molar-refractivity contribution < 1.29 is 19.5 Å². The Morgan fingerprint density at radius 1 is 0.977 bits per heavy atom. The average molecular weight is 586 g/mol. The second-order valence-electron chi connectivity index (χ2n) is 12.3. The van der Waals surface area contributed by atoms with Gasteiger partial charge in [0.05, 0.1) is 24.1 Å². The van der Waals surface area contributed by atoms with Crippen LogP contribution in [0.3, 0.4) is 0 Å². The summed E-state index contributed by atoms with van der Waals surface area (Å²) in [6.07, 6.45) is 5.37. The fourth-order valence-corrected chi connectivity index (χ4v) is 6.80. The maximum Gasteiger partial charge on any atom is 0.270 e. The Hall–Kier alpha value is -3.82. The van der Waals surface area contributed by atoms with Crippen LogP contribution in [0.2, 0.25) is 0 Å². The third-order valence-electron chi connectivity index (χ3n) is 9.17. The third-order valence-corrected chi connectivity index (χ3v) is 9.17. The number of rotatable bonds is 11. The van der Waals surface area contributed by atoms with Gasteiger partial charge in [0.2, 0.25) is 11.8 Å². The second kappa shape index (κ2) is 14.1. The van der Waals surface area contributed by atoms with Crippen molar-refractivity contribution in [2.24, 2.45) is 17.6 Å². The summed E-state index contributed by atoms with van der Waals surface area (Å²) in [4.78, 5) is 45.5. The molecular weight excluding hydrogens is 542 g/mol. The van der Waals surface area contributed by atoms with Crippen molar-refractivity contribution in [1.82, 2.24) is 20.5 Å². The van der Waals surface area contributed by atoms with Crippen molar-refractivity contribution in [3.63, 3.8) is 0 Å². The van der Waals surface area contributed by atoms with Crippen LogP contribution >= 0.6 is 0 Å². The van der Waals surface area contributed by atoms with Gasteiger partial charge in [0, 0.05) is 24.5 Å². The molecule has 3 aromatic rings. The highest BCUT2D eigenvalue weighted by molar-refractivity contribution is 5.99. The Bertz CT molecular complexity index is 1420. The molecule has 2 aromatic carbocycles. The van der Waals surface area contributed by atoms with Crippen LogP contribution in [0.25, 0.3) is 10.9 Å². The zero-order valence-corrected chi connectivity index (χ0v) is 24.8. The van der Waals surface area contributed by atoms with Crippen molar-refractivity contribution >= 4 is 28.6 Å². The van der Waals surface area contributed by atoms with Gasteiger partial charge >= 0.3 is 0 Å². The zero-order valence-electron chi connectivity index (χ0n) is 24.8. The Morgan fingerprint density at radius 2 is 1.70 bits per heavy atom. The van der Waals surface area contributed by atoms with Crippen molar-refractivity contribution in [3.05, 3.63) is 78.0 Å². The molecule has 1 saturated carbocycles. The number of nitrogens with two attached hydrogens (primary N) is 1. The highest BCUT2D eigenvalue weighted by atomic mass is 16.3. The van der Waals surface area contributed by atoms with Crippen LogP contribution in [0, 0.1) is 11.8 Å². The summed E-state index contributed by atoms with van der Waals surface area (Å²) >= 11 is 0. The average Bonchev–Trinajstić information content (AvgIpc) is 3.00. The molecule has 228 valence electrons. The normalized spacial score (nSPS) is 22.6. The summed E-state index contributed by atoms with van der Waals surface area (Å²) in [5, 5.41) is 18.1. The Labute approximate surface area is 253 Å². The monoisotopic (exact) mass is 585 g/mol. The van der Waals surface area contributed by atoms with E-state index in [1.165, 1.54) is 25.7 Å². The molecule has 5 rings (SSSR count). The number of aliphatic hydroxyl groups excluding tert-OH is 1. The molecule has 0 bridgehead atoms. The number of hydrogen-bond acceptors (Lipinski definition) is 6. The predicted octanol–water partition coefficient (Wildman–Crippen LogP) is 3.20. The molecule has 2 heterocycles. The number of piperidine rings is 1. The second-order valence-corrected chi connectivity index (χ2v) is 12.3. The van der Waals surface area contributed by atoms with E-state index in [-0.39, 0.29) is 12.1 Å². The molecule has 3 amide bonds. The van der Waals surface area contributed by atoms with Gasteiger partial charge in [-0.2, -0.15) is 0 Å². The number of β-amino-alcohol motifs (C(OH)–C–C–N with tert-alkyl or cyclic N) is 1. The summed E-state index contributed by atoms with van der Waals surface area (Å²) in [7, 11) is 0. The number of nitrogens with zero attached hydrogens (tertiary/aromatic N) is 2. The number of likely N-dealkylation sites (tertiary alicyclic amines) is 1. The largest absolute Gasteiger partial charge is 0.390 e. The minimum atomic E-state index is -1.22. The van der Waals surface area contributed by atoms with Crippen LogP contribution in [0.4, 0.5) is 0 Å². The number of para-hydroxylation sites is 1. The van der Waals surface area contributed by atoms with E-state index in [0.29, 0.717) is 30.4 Å². The lowest BCUT2D eigenvalue weighted by atomic mass is 9.73. The molecule has 1 unspecified atom stereocenters. The van der Waals surface area contributed by atoms with E-state index >= 15 is 0 Å². The number of primary amides is 1. The van der Waals surface area contributed by atoms with Crippen LogP contribution in [-0.2, 0) is 16.0 Å². The number of aliphatic hydroxyl groups is 1. The van der Waals surface area contributed by atoms with Crippen molar-refractivity contribution in [2.75, 3.05) is 13.1 Å². The number of fused-ring (bicyclic) bond motifs is 2. The molecule has 6 atom stereocenters. The fraction of sp³-hybridized carbons (Fsp3) is 0.471.